The summed E-state index contributed by atoms with van der Waals surface area (Å²) in [5, 5.41) is 5.25. The third-order valence-electron chi connectivity index (χ3n) is 2.79. The Labute approximate surface area is 121 Å². The summed E-state index contributed by atoms with van der Waals surface area (Å²) in [5.74, 6) is 0.313. The van der Waals surface area contributed by atoms with Crippen molar-refractivity contribution < 1.29 is 4.79 Å². The van der Waals surface area contributed by atoms with E-state index in [2.05, 4.69) is 10.3 Å². The molecule has 0 spiro atoms. The zero-order chi connectivity index (χ0) is 13.8. The Morgan fingerprint density at radius 2 is 2.21 bits per heavy atom. The molecule has 3 nitrogen and oxygen atoms in total. The average Bonchev–Trinajstić information content (AvgIpc) is 2.81. The molecule has 1 heterocycles. The topological polar surface area (TPSA) is 42.0 Å². The number of halogens is 1. The number of alkyl halides is 1. The van der Waals surface area contributed by atoms with Gasteiger partial charge in [-0.2, -0.15) is 0 Å². The molecule has 1 N–H and O–H groups in total. The number of hydrogen-bond donors (Lipinski definition) is 1. The first-order valence-electron chi connectivity index (χ1n) is 5.95. The fourth-order valence-corrected chi connectivity index (χ4v) is 2.71. The Balaban J connectivity index is 2.03. The average molecular weight is 295 g/mol. The number of aromatic nitrogens is 1. The van der Waals surface area contributed by atoms with Gasteiger partial charge in [0.05, 0.1) is 18.0 Å². The van der Waals surface area contributed by atoms with Crippen LogP contribution in [0.1, 0.15) is 22.4 Å². The van der Waals surface area contributed by atoms with Crippen LogP contribution in [0.15, 0.2) is 23.6 Å². The summed E-state index contributed by atoms with van der Waals surface area (Å²) in [6.07, 6.45) is 0.364. The van der Waals surface area contributed by atoms with E-state index < -0.39 is 0 Å². The third-order valence-corrected chi connectivity index (χ3v) is 3.87. The number of rotatable bonds is 4. The molecule has 0 bridgehead atoms. The van der Waals surface area contributed by atoms with Gasteiger partial charge in [-0.3, -0.25) is 4.79 Å². The second-order valence-electron chi connectivity index (χ2n) is 4.43. The number of aryl methyl sites for hydroxylation is 2. The molecule has 1 aromatic heterocycles. The van der Waals surface area contributed by atoms with Gasteiger partial charge in [-0.15, -0.1) is 22.9 Å². The molecule has 0 aliphatic carbocycles. The molecule has 0 unspecified atom stereocenters. The van der Waals surface area contributed by atoms with Gasteiger partial charge in [0, 0.05) is 5.38 Å². The molecular formula is C14H15ClN2OS. The highest BCUT2D eigenvalue weighted by Crippen LogP contribution is 2.18. The van der Waals surface area contributed by atoms with Gasteiger partial charge in [0.2, 0.25) is 5.91 Å². The van der Waals surface area contributed by atoms with Gasteiger partial charge in [-0.25, -0.2) is 4.98 Å². The Kier molecular flexibility index (Phi) is 4.56. The lowest BCUT2D eigenvalue weighted by atomic mass is 10.0. The molecular weight excluding hydrogens is 280 g/mol. The summed E-state index contributed by atoms with van der Waals surface area (Å²) in [7, 11) is 0. The van der Waals surface area contributed by atoms with Crippen molar-refractivity contribution in [1.82, 2.24) is 4.98 Å². The monoisotopic (exact) mass is 294 g/mol. The van der Waals surface area contributed by atoms with Crippen molar-refractivity contribution in [1.29, 1.82) is 0 Å². The summed E-state index contributed by atoms with van der Waals surface area (Å²) >= 11 is 7.07. The quantitative estimate of drug-likeness (QED) is 0.874. The molecule has 5 heteroatoms. The minimum atomic E-state index is -0.0517. The van der Waals surface area contributed by atoms with Gasteiger partial charge in [-0.05, 0) is 25.0 Å². The summed E-state index contributed by atoms with van der Waals surface area (Å²) in [4.78, 5) is 16.2. The molecule has 0 saturated carbocycles. The van der Waals surface area contributed by atoms with E-state index in [0.29, 0.717) is 17.4 Å². The molecule has 0 aliphatic rings. The van der Waals surface area contributed by atoms with Crippen LogP contribution in [0.4, 0.5) is 5.13 Å². The zero-order valence-electron chi connectivity index (χ0n) is 10.9. The number of carbonyl (C=O) groups is 1. The van der Waals surface area contributed by atoms with Gasteiger partial charge in [-0.1, -0.05) is 23.8 Å². The first-order chi connectivity index (χ1) is 9.08. The minimum absolute atomic E-state index is 0.0517. The Morgan fingerprint density at radius 3 is 2.89 bits per heavy atom. The Hall–Kier alpha value is -1.39. The number of anilines is 1. The highest BCUT2D eigenvalue weighted by molar-refractivity contribution is 7.13. The molecule has 100 valence electrons. The van der Waals surface area contributed by atoms with Crippen molar-refractivity contribution in [2.24, 2.45) is 0 Å². The fourth-order valence-electron chi connectivity index (χ4n) is 1.75. The molecule has 0 radical (unpaired) electrons. The van der Waals surface area contributed by atoms with Crippen molar-refractivity contribution >= 4 is 34.0 Å². The van der Waals surface area contributed by atoms with Gasteiger partial charge >= 0.3 is 0 Å². The molecule has 2 rings (SSSR count). The summed E-state index contributed by atoms with van der Waals surface area (Å²) in [6, 6.07) is 6.12. The predicted molar refractivity (Wildman–Crippen MR) is 79.9 cm³/mol. The predicted octanol–water partition coefficient (Wildman–Crippen LogP) is 3.68. The van der Waals surface area contributed by atoms with E-state index in [1.54, 1.807) is 0 Å². The van der Waals surface area contributed by atoms with Crippen molar-refractivity contribution in [2.45, 2.75) is 26.1 Å². The molecule has 0 atom stereocenters. The Bertz CT molecular complexity index is 595. The molecule has 1 aromatic carbocycles. The molecule has 1 amide bonds. The number of nitrogens with one attached hydrogen (secondary N) is 1. The maximum Gasteiger partial charge on any atom is 0.230 e. The molecule has 0 saturated heterocycles. The highest BCUT2D eigenvalue weighted by atomic mass is 35.5. The summed E-state index contributed by atoms with van der Waals surface area (Å²) < 4.78 is 0. The third kappa shape index (κ3) is 3.78. The van der Waals surface area contributed by atoms with Crippen LogP contribution in [0.2, 0.25) is 0 Å². The van der Waals surface area contributed by atoms with Crippen LogP contribution in [0.3, 0.4) is 0 Å². The first-order valence-corrected chi connectivity index (χ1v) is 7.36. The second-order valence-corrected chi connectivity index (χ2v) is 5.56. The lowest BCUT2D eigenvalue weighted by molar-refractivity contribution is -0.115. The second kappa shape index (κ2) is 6.17. The minimum Gasteiger partial charge on any atom is -0.302 e. The van der Waals surface area contributed by atoms with Crippen LogP contribution in [-0.4, -0.2) is 10.9 Å². The van der Waals surface area contributed by atoms with E-state index in [0.717, 1.165) is 22.4 Å². The largest absolute Gasteiger partial charge is 0.302 e. The maximum absolute atomic E-state index is 12.0. The van der Waals surface area contributed by atoms with Gasteiger partial charge in [0.1, 0.15) is 0 Å². The lowest BCUT2D eigenvalue weighted by Gasteiger charge is -2.06. The van der Waals surface area contributed by atoms with Crippen molar-refractivity contribution in [2.75, 3.05) is 5.32 Å². The number of thiazole rings is 1. The van der Waals surface area contributed by atoms with Gasteiger partial charge < -0.3 is 5.32 Å². The fraction of sp³-hybridized carbons (Fsp3) is 0.286. The molecule has 0 fully saturated rings. The van der Waals surface area contributed by atoms with Crippen molar-refractivity contribution in [3.63, 3.8) is 0 Å². The SMILES string of the molecule is Cc1ccc(C)c(CC(=O)Nc2nc(CCl)cs2)c1. The standard InChI is InChI=1S/C14H15ClN2OS/c1-9-3-4-10(2)11(5-9)6-13(18)17-14-16-12(7-15)8-19-14/h3-5,8H,6-7H2,1-2H3,(H,16,17,18). The van der Waals surface area contributed by atoms with E-state index in [4.69, 9.17) is 11.6 Å². The van der Waals surface area contributed by atoms with Crippen molar-refractivity contribution in [3.05, 3.63) is 46.0 Å². The maximum atomic E-state index is 12.0. The smallest absolute Gasteiger partial charge is 0.230 e. The van der Waals surface area contributed by atoms with Crippen LogP contribution < -0.4 is 5.32 Å². The lowest BCUT2D eigenvalue weighted by Crippen LogP contribution is -2.15. The summed E-state index contributed by atoms with van der Waals surface area (Å²) in [5.41, 5.74) is 4.12. The summed E-state index contributed by atoms with van der Waals surface area (Å²) in [6.45, 7) is 4.03. The van der Waals surface area contributed by atoms with E-state index in [1.165, 1.54) is 11.3 Å². The number of hydrogen-bond acceptors (Lipinski definition) is 3. The van der Waals surface area contributed by atoms with Crippen LogP contribution >= 0.6 is 22.9 Å². The van der Waals surface area contributed by atoms with Gasteiger partial charge in [0.15, 0.2) is 5.13 Å². The first kappa shape index (κ1) is 14.0. The van der Waals surface area contributed by atoms with Crippen LogP contribution in [0.5, 0.6) is 0 Å². The zero-order valence-corrected chi connectivity index (χ0v) is 12.4. The number of amides is 1. The number of carbonyl (C=O) groups excluding carboxylic acids is 1. The Morgan fingerprint density at radius 1 is 1.42 bits per heavy atom. The van der Waals surface area contributed by atoms with E-state index in [9.17, 15) is 4.79 Å². The van der Waals surface area contributed by atoms with Crippen LogP contribution in [0.25, 0.3) is 0 Å². The normalized spacial score (nSPS) is 10.5. The number of benzene rings is 1. The highest BCUT2D eigenvalue weighted by Gasteiger charge is 2.09. The molecule has 2 aromatic rings. The van der Waals surface area contributed by atoms with Crippen molar-refractivity contribution in [3.8, 4) is 0 Å². The number of nitrogens with zero attached hydrogens (tertiary/aromatic N) is 1. The van der Waals surface area contributed by atoms with Gasteiger partial charge in [0.25, 0.3) is 0 Å². The van der Waals surface area contributed by atoms with Crippen LogP contribution in [0, 0.1) is 13.8 Å². The molecule has 0 aliphatic heterocycles. The van der Waals surface area contributed by atoms with E-state index >= 15 is 0 Å². The van der Waals surface area contributed by atoms with Crippen LogP contribution in [-0.2, 0) is 17.1 Å². The molecule has 19 heavy (non-hydrogen) atoms. The van der Waals surface area contributed by atoms with E-state index in [-0.39, 0.29) is 5.91 Å². The van der Waals surface area contributed by atoms with E-state index in [1.807, 2.05) is 37.4 Å².